The van der Waals surface area contributed by atoms with E-state index in [0.29, 0.717) is 26.0 Å². The van der Waals surface area contributed by atoms with Crippen LogP contribution in [0.2, 0.25) is 0 Å². The van der Waals surface area contributed by atoms with E-state index in [0.717, 1.165) is 38.7 Å². The second-order valence-corrected chi connectivity index (χ2v) is 9.05. The number of rotatable bonds is 12. The molecule has 200 valence electrons. The topological polar surface area (TPSA) is 115 Å². The van der Waals surface area contributed by atoms with Crippen LogP contribution >= 0.6 is 0 Å². The maximum Gasteiger partial charge on any atom is 0.286 e. The maximum absolute atomic E-state index is 13.2. The first-order chi connectivity index (χ1) is 18.7. The lowest BCUT2D eigenvalue weighted by atomic mass is 9.92. The van der Waals surface area contributed by atoms with Gasteiger partial charge in [0, 0.05) is 46.9 Å². The molecule has 1 amide bonds. The van der Waals surface area contributed by atoms with E-state index in [9.17, 15) is 4.79 Å². The van der Waals surface area contributed by atoms with Crippen molar-refractivity contribution in [2.24, 2.45) is 0 Å². The van der Waals surface area contributed by atoms with Crippen molar-refractivity contribution in [3.63, 3.8) is 0 Å². The molecule has 0 bridgehead atoms. The molecule has 9 nitrogen and oxygen atoms in total. The molecule has 0 spiro atoms. The summed E-state index contributed by atoms with van der Waals surface area (Å²) in [4.78, 5) is 16.4. The SMILES string of the molecule is COc1ccc2[nH]cc(CCNC(=O)C3=C[C@H](c4coc5ccccc45)C[C@H](OCCOCCO)O3)c2c1. The van der Waals surface area contributed by atoms with Crippen LogP contribution in [0.3, 0.4) is 0 Å². The van der Waals surface area contributed by atoms with Crippen molar-refractivity contribution < 1.29 is 33.3 Å². The number of hydrogen-bond donors (Lipinski definition) is 3. The third-order valence-corrected chi connectivity index (χ3v) is 6.61. The second-order valence-electron chi connectivity index (χ2n) is 9.05. The Kier molecular flexibility index (Phi) is 8.28. The number of para-hydroxylation sites is 1. The number of aromatic amines is 1. The number of fused-ring (bicyclic) bond motifs is 2. The normalized spacial score (nSPS) is 17.4. The van der Waals surface area contributed by atoms with Crippen molar-refractivity contribution >= 4 is 27.8 Å². The molecule has 0 aliphatic carbocycles. The molecule has 2 aromatic carbocycles. The second kappa shape index (κ2) is 12.2. The number of nitrogens with one attached hydrogen (secondary N) is 2. The van der Waals surface area contributed by atoms with Crippen molar-refractivity contribution in [2.75, 3.05) is 40.1 Å². The van der Waals surface area contributed by atoms with Gasteiger partial charge in [-0.15, -0.1) is 0 Å². The summed E-state index contributed by atoms with van der Waals surface area (Å²) in [6.45, 7) is 1.23. The zero-order chi connectivity index (χ0) is 26.3. The van der Waals surface area contributed by atoms with E-state index in [1.807, 2.05) is 54.7 Å². The molecule has 1 aliphatic rings. The van der Waals surface area contributed by atoms with E-state index >= 15 is 0 Å². The Morgan fingerprint density at radius 1 is 1.16 bits per heavy atom. The van der Waals surface area contributed by atoms with Gasteiger partial charge in [-0.25, -0.2) is 0 Å². The zero-order valence-electron chi connectivity index (χ0n) is 21.3. The van der Waals surface area contributed by atoms with Crippen LogP contribution in [0, 0.1) is 0 Å². The molecule has 0 saturated carbocycles. The van der Waals surface area contributed by atoms with Crippen molar-refractivity contribution in [3.8, 4) is 5.75 Å². The molecule has 1 aliphatic heterocycles. The Morgan fingerprint density at radius 3 is 2.92 bits per heavy atom. The highest BCUT2D eigenvalue weighted by molar-refractivity contribution is 5.92. The number of carbonyl (C=O) groups is 1. The van der Waals surface area contributed by atoms with Crippen molar-refractivity contribution in [2.45, 2.75) is 25.0 Å². The number of ether oxygens (including phenoxy) is 4. The number of aliphatic hydroxyl groups excluding tert-OH is 1. The molecule has 0 unspecified atom stereocenters. The van der Waals surface area contributed by atoms with Gasteiger partial charge in [0.2, 0.25) is 6.29 Å². The fraction of sp³-hybridized carbons (Fsp3) is 0.345. The predicted molar refractivity (Wildman–Crippen MR) is 142 cm³/mol. The Bertz CT molecular complexity index is 1410. The first-order valence-electron chi connectivity index (χ1n) is 12.7. The molecular weight excluding hydrogens is 488 g/mol. The fourth-order valence-electron chi connectivity index (χ4n) is 4.71. The third kappa shape index (κ3) is 5.85. The van der Waals surface area contributed by atoms with Crippen LogP contribution in [-0.4, -0.2) is 62.4 Å². The number of aromatic nitrogens is 1. The molecule has 9 heteroatoms. The summed E-state index contributed by atoms with van der Waals surface area (Å²) in [7, 11) is 1.64. The van der Waals surface area contributed by atoms with Crippen molar-refractivity contribution in [1.82, 2.24) is 10.3 Å². The molecule has 3 N–H and O–H groups in total. The van der Waals surface area contributed by atoms with Crippen LogP contribution in [-0.2, 0) is 25.4 Å². The summed E-state index contributed by atoms with van der Waals surface area (Å²) < 4.78 is 28.2. The van der Waals surface area contributed by atoms with Gasteiger partial charge >= 0.3 is 0 Å². The van der Waals surface area contributed by atoms with E-state index in [1.165, 1.54) is 0 Å². The summed E-state index contributed by atoms with van der Waals surface area (Å²) in [6, 6.07) is 13.7. The molecule has 2 aromatic heterocycles. The van der Waals surface area contributed by atoms with E-state index < -0.39 is 6.29 Å². The highest BCUT2D eigenvalue weighted by Crippen LogP contribution is 2.36. The quantitative estimate of drug-likeness (QED) is 0.242. The van der Waals surface area contributed by atoms with Crippen LogP contribution in [0.1, 0.15) is 23.5 Å². The molecule has 0 radical (unpaired) electrons. The van der Waals surface area contributed by atoms with Crippen LogP contribution in [0.15, 0.2) is 71.2 Å². The average Bonchev–Trinajstić information content (AvgIpc) is 3.56. The van der Waals surface area contributed by atoms with Gasteiger partial charge in [0.05, 0.1) is 39.8 Å². The highest BCUT2D eigenvalue weighted by Gasteiger charge is 2.30. The standard InChI is InChI=1S/C29H32N2O7/c1-34-21-6-7-25-23(16-21)19(17-31-25)8-9-30-29(33)27-14-20(15-28(38-27)36-13-12-35-11-10-32)24-18-37-26-5-3-2-4-22(24)26/h2-7,14,16-18,20,28,31-32H,8-13,15H2,1H3,(H,30,33)/t20-,28+/m0/s1. The minimum atomic E-state index is -0.627. The van der Waals surface area contributed by atoms with Gasteiger partial charge < -0.3 is 38.8 Å². The largest absolute Gasteiger partial charge is 0.497 e. The van der Waals surface area contributed by atoms with Gasteiger partial charge in [-0.05, 0) is 42.3 Å². The number of furan rings is 1. The summed E-state index contributed by atoms with van der Waals surface area (Å²) in [5, 5.41) is 13.9. The zero-order valence-corrected chi connectivity index (χ0v) is 21.3. The number of hydrogen-bond acceptors (Lipinski definition) is 7. The van der Waals surface area contributed by atoms with Crippen LogP contribution in [0.4, 0.5) is 0 Å². The van der Waals surface area contributed by atoms with Gasteiger partial charge in [0.1, 0.15) is 11.3 Å². The van der Waals surface area contributed by atoms with E-state index in [4.69, 9.17) is 28.5 Å². The van der Waals surface area contributed by atoms with E-state index in [-0.39, 0.29) is 37.4 Å². The number of carbonyl (C=O) groups excluding carboxylic acids is 1. The van der Waals surface area contributed by atoms with Gasteiger partial charge in [0.25, 0.3) is 5.91 Å². The van der Waals surface area contributed by atoms with Gasteiger partial charge in [0.15, 0.2) is 5.76 Å². The lowest BCUT2D eigenvalue weighted by Crippen LogP contribution is -2.34. The first kappa shape index (κ1) is 25.8. The minimum absolute atomic E-state index is 0.0469. The van der Waals surface area contributed by atoms with Crippen LogP contribution in [0.25, 0.3) is 21.9 Å². The predicted octanol–water partition coefficient (Wildman–Crippen LogP) is 4.02. The molecule has 4 aromatic rings. The molecule has 2 atom stereocenters. The van der Waals surface area contributed by atoms with Gasteiger partial charge in [-0.2, -0.15) is 0 Å². The van der Waals surface area contributed by atoms with Crippen molar-refractivity contribution in [3.05, 3.63) is 77.9 Å². The number of methoxy groups -OCH3 is 1. The first-order valence-corrected chi connectivity index (χ1v) is 12.7. The molecule has 3 heterocycles. The van der Waals surface area contributed by atoms with Gasteiger partial charge in [-0.1, -0.05) is 18.2 Å². The Balaban J connectivity index is 1.27. The summed E-state index contributed by atoms with van der Waals surface area (Å²) in [5.41, 5.74) is 3.87. The van der Waals surface area contributed by atoms with Gasteiger partial charge in [-0.3, -0.25) is 4.79 Å². The average molecular weight is 521 g/mol. The Labute approximate surface area is 220 Å². The third-order valence-electron chi connectivity index (χ3n) is 6.61. The lowest BCUT2D eigenvalue weighted by molar-refractivity contribution is -0.151. The monoisotopic (exact) mass is 520 g/mol. The van der Waals surface area contributed by atoms with Crippen LogP contribution < -0.4 is 10.1 Å². The number of amides is 1. The summed E-state index contributed by atoms with van der Waals surface area (Å²) >= 11 is 0. The van der Waals surface area contributed by atoms with E-state index in [2.05, 4.69) is 10.3 Å². The molecule has 5 rings (SSSR count). The molecule has 0 fully saturated rings. The van der Waals surface area contributed by atoms with Crippen LogP contribution in [0.5, 0.6) is 5.75 Å². The maximum atomic E-state index is 13.2. The smallest absolute Gasteiger partial charge is 0.286 e. The highest BCUT2D eigenvalue weighted by atomic mass is 16.7. The fourth-order valence-corrected chi connectivity index (χ4v) is 4.71. The minimum Gasteiger partial charge on any atom is -0.497 e. The van der Waals surface area contributed by atoms with Crippen molar-refractivity contribution in [1.29, 1.82) is 0 Å². The number of allylic oxidation sites excluding steroid dienone is 1. The Hall–Kier alpha value is -3.79. The number of H-pyrrole nitrogens is 1. The molecule has 38 heavy (non-hydrogen) atoms. The summed E-state index contributed by atoms with van der Waals surface area (Å²) in [6.07, 6.45) is 6.07. The lowest BCUT2D eigenvalue weighted by Gasteiger charge is -2.29. The summed E-state index contributed by atoms with van der Waals surface area (Å²) in [5.74, 6) is 0.574. The number of aliphatic hydroxyl groups is 1. The van der Waals surface area contributed by atoms with E-state index in [1.54, 1.807) is 13.4 Å². The molecule has 0 saturated heterocycles. The molecular formula is C29H32N2O7. The number of benzene rings is 2. The Morgan fingerprint density at radius 2 is 2.05 bits per heavy atom.